The lowest BCUT2D eigenvalue weighted by atomic mass is 9.45. The fourth-order valence-electron chi connectivity index (χ4n) is 7.39. The Labute approximate surface area is 174 Å². The van der Waals surface area contributed by atoms with Crippen LogP contribution in [-0.4, -0.2) is 26.2 Å². The quantitative estimate of drug-likeness (QED) is 0.431. The topological polar surface area (TPSA) is 74.6 Å². The molecule has 0 saturated heterocycles. The monoisotopic (exact) mass is 484 g/mol. The van der Waals surface area contributed by atoms with E-state index in [4.69, 9.17) is 0 Å². The van der Waals surface area contributed by atoms with E-state index < -0.39 is 11.2 Å². The molecule has 2 N–H and O–H groups in total. The molecule has 0 bridgehead atoms. The Hall–Kier alpha value is -0.850. The normalized spacial score (nSPS) is 46.4. The second-order valence-electron chi connectivity index (χ2n) is 9.65. The van der Waals surface area contributed by atoms with E-state index in [-0.39, 0.29) is 34.7 Å². The van der Waals surface area contributed by atoms with Gasteiger partial charge in [-0.2, -0.15) is 0 Å². The summed E-state index contributed by atoms with van der Waals surface area (Å²) in [6, 6.07) is 0. The molecule has 0 radical (unpaired) electrons. The number of alkyl halides is 1. The molecule has 5 heteroatoms. The van der Waals surface area contributed by atoms with E-state index in [1.807, 2.05) is 6.92 Å². The Kier molecular flexibility index (Phi) is 4.56. The van der Waals surface area contributed by atoms with Crippen molar-refractivity contribution in [2.45, 2.75) is 52.9 Å². The Morgan fingerprint density at radius 1 is 1.22 bits per heavy atom. The lowest BCUT2D eigenvalue weighted by molar-refractivity contribution is -0.139. The van der Waals surface area contributed by atoms with Crippen molar-refractivity contribution in [2.75, 3.05) is 4.43 Å². The predicted octanol–water partition coefficient (Wildman–Crippen LogP) is 4.93. The van der Waals surface area contributed by atoms with Crippen molar-refractivity contribution in [3.05, 3.63) is 23.2 Å². The van der Waals surface area contributed by atoms with Crippen LogP contribution in [0.5, 0.6) is 0 Å². The molecule has 7 atom stereocenters. The number of aliphatic hydroxyl groups is 2. The van der Waals surface area contributed by atoms with Crippen molar-refractivity contribution in [3.63, 3.8) is 0 Å². The van der Waals surface area contributed by atoms with Crippen LogP contribution >= 0.6 is 22.6 Å². The second-order valence-corrected chi connectivity index (χ2v) is 10.4. The standard InChI is InChI=1S/C22H29IO4/c1-11-8-12-13-4-5-15(18(25)10-23)21(13,2)7-6-14(12)22(3)16(11)9-17(24)19(26)20(22)27/h9,11-15,24,26H,4-8,10H2,1-3H3/t11-,12-,13-,14-,15+,21-,22+/m0/s1. The van der Waals surface area contributed by atoms with E-state index in [0.717, 1.165) is 37.7 Å². The van der Waals surface area contributed by atoms with E-state index in [1.165, 1.54) is 0 Å². The number of allylic oxidation sites excluding steroid dienone is 3. The van der Waals surface area contributed by atoms with Gasteiger partial charge in [0.15, 0.2) is 5.76 Å². The highest BCUT2D eigenvalue weighted by Crippen LogP contribution is 2.67. The molecule has 0 aromatic carbocycles. The number of rotatable bonds is 2. The zero-order chi connectivity index (χ0) is 19.7. The van der Waals surface area contributed by atoms with Gasteiger partial charge in [-0.3, -0.25) is 9.59 Å². The van der Waals surface area contributed by atoms with E-state index in [2.05, 4.69) is 36.4 Å². The number of fused-ring (bicyclic) bond motifs is 5. The minimum Gasteiger partial charge on any atom is -0.504 e. The van der Waals surface area contributed by atoms with Gasteiger partial charge in [0.2, 0.25) is 11.5 Å². The Morgan fingerprint density at radius 2 is 1.93 bits per heavy atom. The number of ketones is 2. The molecule has 0 spiro atoms. The van der Waals surface area contributed by atoms with Gasteiger partial charge in [-0.25, -0.2) is 0 Å². The van der Waals surface area contributed by atoms with Gasteiger partial charge in [0.05, 0.1) is 9.84 Å². The maximum absolute atomic E-state index is 13.1. The largest absolute Gasteiger partial charge is 0.504 e. The van der Waals surface area contributed by atoms with Crippen LogP contribution in [0.2, 0.25) is 0 Å². The Bertz CT molecular complexity index is 768. The van der Waals surface area contributed by atoms with Gasteiger partial charge in [0.25, 0.3) is 0 Å². The van der Waals surface area contributed by atoms with Crippen LogP contribution in [0.3, 0.4) is 0 Å². The van der Waals surface area contributed by atoms with Crippen LogP contribution in [-0.2, 0) is 9.59 Å². The van der Waals surface area contributed by atoms with Crippen LogP contribution in [0, 0.1) is 40.4 Å². The summed E-state index contributed by atoms with van der Waals surface area (Å²) < 4.78 is 0.580. The highest BCUT2D eigenvalue weighted by atomic mass is 127. The van der Waals surface area contributed by atoms with Crippen molar-refractivity contribution in [2.24, 2.45) is 40.4 Å². The average molecular weight is 484 g/mol. The first-order chi connectivity index (χ1) is 12.7. The number of halogens is 1. The fourth-order valence-corrected chi connectivity index (χ4v) is 7.92. The molecule has 4 aliphatic rings. The molecule has 0 aliphatic heterocycles. The van der Waals surface area contributed by atoms with Gasteiger partial charge in [0.1, 0.15) is 5.78 Å². The highest BCUT2D eigenvalue weighted by molar-refractivity contribution is 14.1. The summed E-state index contributed by atoms with van der Waals surface area (Å²) in [5.74, 6) is 0.674. The summed E-state index contributed by atoms with van der Waals surface area (Å²) in [7, 11) is 0. The first kappa shape index (κ1) is 19.5. The molecular weight excluding hydrogens is 455 g/mol. The molecule has 27 heavy (non-hydrogen) atoms. The Morgan fingerprint density at radius 3 is 2.59 bits per heavy atom. The molecule has 0 aromatic heterocycles. The van der Waals surface area contributed by atoms with E-state index in [9.17, 15) is 19.8 Å². The average Bonchev–Trinajstić information content (AvgIpc) is 2.99. The van der Waals surface area contributed by atoms with Crippen LogP contribution in [0.1, 0.15) is 52.9 Å². The van der Waals surface area contributed by atoms with Gasteiger partial charge in [-0.1, -0.05) is 36.4 Å². The van der Waals surface area contributed by atoms with E-state index in [1.54, 1.807) is 6.08 Å². The van der Waals surface area contributed by atoms with Gasteiger partial charge in [0, 0.05) is 5.92 Å². The number of Topliss-reactive ketones (excluding diaryl/α,β-unsaturated/α-hetero) is 2. The molecule has 3 saturated carbocycles. The van der Waals surface area contributed by atoms with Crippen LogP contribution in [0.25, 0.3) is 0 Å². The molecule has 4 nitrogen and oxygen atoms in total. The van der Waals surface area contributed by atoms with Gasteiger partial charge in [-0.05, 0) is 79.8 Å². The summed E-state index contributed by atoms with van der Waals surface area (Å²) in [6.45, 7) is 6.42. The predicted molar refractivity (Wildman–Crippen MR) is 112 cm³/mol. The maximum atomic E-state index is 13.1. The molecule has 4 aliphatic carbocycles. The summed E-state index contributed by atoms with van der Waals surface area (Å²) in [5, 5.41) is 20.2. The number of carbonyl (C=O) groups excluding carboxylic acids is 2. The number of hydrogen-bond donors (Lipinski definition) is 2. The summed E-state index contributed by atoms with van der Waals surface area (Å²) >= 11 is 2.19. The molecule has 3 fully saturated rings. The van der Waals surface area contributed by atoms with Crippen molar-refractivity contribution >= 4 is 34.2 Å². The third-order valence-electron chi connectivity index (χ3n) is 8.68. The summed E-state index contributed by atoms with van der Waals surface area (Å²) in [4.78, 5) is 25.7. The van der Waals surface area contributed by atoms with Crippen LogP contribution < -0.4 is 0 Å². The van der Waals surface area contributed by atoms with Gasteiger partial charge < -0.3 is 10.2 Å². The first-order valence-corrected chi connectivity index (χ1v) is 11.7. The maximum Gasteiger partial charge on any atom is 0.211 e. The zero-order valence-corrected chi connectivity index (χ0v) is 18.5. The molecule has 0 amide bonds. The zero-order valence-electron chi connectivity index (χ0n) is 16.3. The lowest BCUT2D eigenvalue weighted by Crippen LogP contribution is -2.55. The molecule has 0 heterocycles. The third-order valence-corrected chi connectivity index (χ3v) is 9.43. The van der Waals surface area contributed by atoms with Gasteiger partial charge >= 0.3 is 0 Å². The van der Waals surface area contributed by atoms with Crippen molar-refractivity contribution in [1.29, 1.82) is 0 Å². The van der Waals surface area contributed by atoms with E-state index >= 15 is 0 Å². The second kappa shape index (κ2) is 6.33. The minimum absolute atomic E-state index is 0.0401. The number of aliphatic hydroxyl groups excluding tert-OH is 2. The molecule has 0 unspecified atom stereocenters. The molecular formula is C22H29IO4. The molecule has 0 aromatic rings. The van der Waals surface area contributed by atoms with Gasteiger partial charge in [-0.15, -0.1) is 0 Å². The number of carbonyl (C=O) groups is 2. The lowest BCUT2D eigenvalue weighted by Gasteiger charge is -2.58. The molecule has 148 valence electrons. The first-order valence-electron chi connectivity index (χ1n) is 10.1. The highest BCUT2D eigenvalue weighted by Gasteiger charge is 2.63. The minimum atomic E-state index is -0.731. The van der Waals surface area contributed by atoms with E-state index in [0.29, 0.717) is 22.0 Å². The van der Waals surface area contributed by atoms with Crippen LogP contribution in [0.15, 0.2) is 23.2 Å². The third kappa shape index (κ3) is 2.45. The smallest absolute Gasteiger partial charge is 0.211 e. The van der Waals surface area contributed by atoms with Crippen molar-refractivity contribution in [1.82, 2.24) is 0 Å². The summed E-state index contributed by atoms with van der Waals surface area (Å²) in [6.07, 6.45) is 6.55. The fraction of sp³-hybridized carbons (Fsp3) is 0.727. The number of hydrogen-bond acceptors (Lipinski definition) is 4. The van der Waals surface area contributed by atoms with Crippen molar-refractivity contribution in [3.8, 4) is 0 Å². The molecule has 4 rings (SSSR count). The SMILES string of the molecule is C[C@H]1C[C@@H]2[C@H](CC[C@]3(C)[C@@H](C(=O)CI)CC[C@@H]23)[C@@]2(C)C(=O)C(O)=C(O)C=C12. The Balaban J connectivity index is 1.74. The van der Waals surface area contributed by atoms with Crippen LogP contribution in [0.4, 0.5) is 0 Å². The summed E-state index contributed by atoms with van der Waals surface area (Å²) in [5.41, 5.74) is 0.287. The van der Waals surface area contributed by atoms with Crippen molar-refractivity contribution < 1.29 is 19.8 Å².